The van der Waals surface area contributed by atoms with Gasteiger partial charge in [-0.15, -0.1) is 0 Å². The van der Waals surface area contributed by atoms with Crippen LogP contribution in [0.4, 0.5) is 13.2 Å². The summed E-state index contributed by atoms with van der Waals surface area (Å²) in [6.45, 7) is 2.97. The Morgan fingerprint density at radius 1 is 1.37 bits per heavy atom. The predicted molar refractivity (Wildman–Crippen MR) is 62.7 cm³/mol. The van der Waals surface area contributed by atoms with Gasteiger partial charge in [0.15, 0.2) is 5.82 Å². The van der Waals surface area contributed by atoms with E-state index in [1.165, 1.54) is 0 Å². The molecule has 0 aromatic carbocycles. The SMILES string of the molecule is CCCNC1CCCC1c1nc(CC(F)(F)F)no1. The lowest BCUT2D eigenvalue weighted by Gasteiger charge is -2.17. The minimum absolute atomic E-state index is 0.0426. The summed E-state index contributed by atoms with van der Waals surface area (Å²) in [5.74, 6) is 0.107. The molecule has 1 aliphatic rings. The lowest BCUT2D eigenvalue weighted by atomic mass is 10.0. The molecule has 1 heterocycles. The number of nitrogens with zero attached hydrogens (tertiary/aromatic N) is 2. The Kier molecular flexibility index (Phi) is 4.44. The number of alkyl halides is 3. The molecule has 1 saturated carbocycles. The van der Waals surface area contributed by atoms with E-state index >= 15 is 0 Å². The summed E-state index contributed by atoms with van der Waals surface area (Å²) in [5, 5.41) is 6.81. The Labute approximate surface area is 109 Å². The maximum atomic E-state index is 12.2. The van der Waals surface area contributed by atoms with Gasteiger partial charge in [-0.25, -0.2) is 0 Å². The molecule has 1 aromatic heterocycles. The van der Waals surface area contributed by atoms with Gasteiger partial charge in [0.25, 0.3) is 0 Å². The monoisotopic (exact) mass is 277 g/mol. The zero-order valence-electron chi connectivity index (χ0n) is 10.8. The standard InChI is InChI=1S/C12H18F3N3O/c1-2-6-16-9-5-3-4-8(9)11-17-10(18-19-11)7-12(13,14)15/h8-9,16H,2-7H2,1H3. The normalized spacial score (nSPS) is 24.0. The van der Waals surface area contributed by atoms with E-state index in [0.717, 1.165) is 32.2 Å². The van der Waals surface area contributed by atoms with Gasteiger partial charge in [0, 0.05) is 6.04 Å². The van der Waals surface area contributed by atoms with Gasteiger partial charge in [0.1, 0.15) is 6.42 Å². The van der Waals surface area contributed by atoms with Crippen molar-refractivity contribution in [2.75, 3.05) is 6.54 Å². The molecule has 0 spiro atoms. The number of aromatic nitrogens is 2. The number of hydrogen-bond donors (Lipinski definition) is 1. The third-order valence-electron chi connectivity index (χ3n) is 3.33. The maximum Gasteiger partial charge on any atom is 0.396 e. The molecule has 7 heteroatoms. The molecule has 0 saturated heterocycles. The summed E-state index contributed by atoms with van der Waals surface area (Å²) in [7, 11) is 0. The molecular weight excluding hydrogens is 259 g/mol. The Balaban J connectivity index is 2.01. The molecular formula is C12H18F3N3O. The van der Waals surface area contributed by atoms with Crippen LogP contribution in [-0.4, -0.2) is 28.9 Å². The average molecular weight is 277 g/mol. The van der Waals surface area contributed by atoms with E-state index in [0.29, 0.717) is 5.89 Å². The van der Waals surface area contributed by atoms with Crippen LogP contribution in [0.1, 0.15) is 50.2 Å². The fraction of sp³-hybridized carbons (Fsp3) is 0.833. The molecule has 0 radical (unpaired) electrons. The summed E-state index contributed by atoms with van der Waals surface area (Å²) in [6, 6.07) is 0.235. The molecule has 108 valence electrons. The molecule has 2 atom stereocenters. The van der Waals surface area contributed by atoms with Crippen LogP contribution in [0.15, 0.2) is 4.52 Å². The Morgan fingerprint density at radius 3 is 2.84 bits per heavy atom. The van der Waals surface area contributed by atoms with Gasteiger partial charge >= 0.3 is 6.18 Å². The number of hydrogen-bond acceptors (Lipinski definition) is 4. The fourth-order valence-corrected chi connectivity index (χ4v) is 2.50. The highest BCUT2D eigenvalue weighted by Gasteiger charge is 2.35. The van der Waals surface area contributed by atoms with E-state index in [1.54, 1.807) is 0 Å². The largest absolute Gasteiger partial charge is 0.396 e. The van der Waals surface area contributed by atoms with E-state index < -0.39 is 12.6 Å². The first kappa shape index (κ1) is 14.3. The van der Waals surface area contributed by atoms with Crippen molar-refractivity contribution in [1.29, 1.82) is 0 Å². The Hall–Kier alpha value is -1.11. The number of rotatable bonds is 5. The van der Waals surface area contributed by atoms with Crippen LogP contribution in [0.3, 0.4) is 0 Å². The third-order valence-corrected chi connectivity index (χ3v) is 3.33. The first-order valence-corrected chi connectivity index (χ1v) is 6.62. The van der Waals surface area contributed by atoms with E-state index in [1.807, 2.05) is 0 Å². The van der Waals surface area contributed by atoms with Crippen LogP contribution < -0.4 is 5.32 Å². The molecule has 4 nitrogen and oxygen atoms in total. The van der Waals surface area contributed by atoms with Crippen LogP contribution in [0.2, 0.25) is 0 Å². The zero-order chi connectivity index (χ0) is 13.9. The van der Waals surface area contributed by atoms with Gasteiger partial charge < -0.3 is 9.84 Å². The fourth-order valence-electron chi connectivity index (χ4n) is 2.50. The van der Waals surface area contributed by atoms with Crippen molar-refractivity contribution in [1.82, 2.24) is 15.5 Å². The number of halogens is 3. The van der Waals surface area contributed by atoms with Crippen molar-refractivity contribution < 1.29 is 17.7 Å². The van der Waals surface area contributed by atoms with Gasteiger partial charge in [-0.2, -0.15) is 18.2 Å². The molecule has 2 unspecified atom stereocenters. The maximum absolute atomic E-state index is 12.2. The Morgan fingerprint density at radius 2 is 2.16 bits per heavy atom. The van der Waals surface area contributed by atoms with Crippen LogP contribution in [0, 0.1) is 0 Å². The van der Waals surface area contributed by atoms with Gasteiger partial charge in [0.2, 0.25) is 5.89 Å². The van der Waals surface area contributed by atoms with Gasteiger partial charge in [-0.3, -0.25) is 0 Å². The summed E-state index contributed by atoms with van der Waals surface area (Å²) < 4.78 is 41.7. The van der Waals surface area contributed by atoms with Gasteiger partial charge in [-0.1, -0.05) is 18.5 Å². The second kappa shape index (κ2) is 5.90. The van der Waals surface area contributed by atoms with E-state index in [-0.39, 0.29) is 17.8 Å². The lowest BCUT2D eigenvalue weighted by Crippen LogP contribution is -2.31. The molecule has 0 amide bonds. The molecule has 1 aromatic rings. The van der Waals surface area contributed by atoms with Gasteiger partial charge in [0.05, 0.1) is 5.92 Å². The summed E-state index contributed by atoms with van der Waals surface area (Å²) in [6.07, 6.45) is -1.49. The molecule has 2 rings (SSSR count). The molecule has 0 bridgehead atoms. The summed E-state index contributed by atoms with van der Waals surface area (Å²) in [4.78, 5) is 3.90. The van der Waals surface area contributed by atoms with E-state index in [2.05, 4.69) is 22.4 Å². The van der Waals surface area contributed by atoms with Crippen LogP contribution in [-0.2, 0) is 6.42 Å². The molecule has 1 fully saturated rings. The highest BCUT2D eigenvalue weighted by molar-refractivity contribution is 5.03. The first-order chi connectivity index (χ1) is 8.99. The summed E-state index contributed by atoms with van der Waals surface area (Å²) >= 11 is 0. The highest BCUT2D eigenvalue weighted by Crippen LogP contribution is 2.34. The van der Waals surface area contributed by atoms with Crippen molar-refractivity contribution in [3.63, 3.8) is 0 Å². The van der Waals surface area contributed by atoms with Crippen molar-refractivity contribution in [2.24, 2.45) is 0 Å². The number of nitrogens with one attached hydrogen (secondary N) is 1. The predicted octanol–water partition coefficient (Wildman–Crippen LogP) is 2.81. The van der Waals surface area contributed by atoms with Crippen LogP contribution in [0.25, 0.3) is 0 Å². The third kappa shape index (κ3) is 3.92. The van der Waals surface area contributed by atoms with E-state index in [9.17, 15) is 13.2 Å². The first-order valence-electron chi connectivity index (χ1n) is 6.62. The van der Waals surface area contributed by atoms with Crippen molar-refractivity contribution >= 4 is 0 Å². The Bertz CT molecular complexity index is 405. The molecule has 0 aliphatic heterocycles. The second-order valence-corrected chi connectivity index (χ2v) is 4.94. The molecule has 19 heavy (non-hydrogen) atoms. The van der Waals surface area contributed by atoms with Crippen LogP contribution >= 0.6 is 0 Å². The second-order valence-electron chi connectivity index (χ2n) is 4.94. The van der Waals surface area contributed by atoms with Crippen molar-refractivity contribution in [3.8, 4) is 0 Å². The zero-order valence-corrected chi connectivity index (χ0v) is 10.8. The topological polar surface area (TPSA) is 51.0 Å². The quantitative estimate of drug-likeness (QED) is 0.899. The lowest BCUT2D eigenvalue weighted by molar-refractivity contribution is -0.128. The summed E-state index contributed by atoms with van der Waals surface area (Å²) in [5.41, 5.74) is 0. The minimum atomic E-state index is -4.29. The highest BCUT2D eigenvalue weighted by atomic mass is 19.4. The van der Waals surface area contributed by atoms with E-state index in [4.69, 9.17) is 4.52 Å². The van der Waals surface area contributed by atoms with Crippen molar-refractivity contribution in [2.45, 2.75) is 57.2 Å². The molecule has 1 N–H and O–H groups in total. The van der Waals surface area contributed by atoms with Gasteiger partial charge in [-0.05, 0) is 25.8 Å². The van der Waals surface area contributed by atoms with Crippen molar-refractivity contribution in [3.05, 3.63) is 11.7 Å². The smallest absolute Gasteiger partial charge is 0.339 e. The minimum Gasteiger partial charge on any atom is -0.339 e. The average Bonchev–Trinajstić information content (AvgIpc) is 2.92. The molecule has 1 aliphatic carbocycles. The van der Waals surface area contributed by atoms with Crippen LogP contribution in [0.5, 0.6) is 0 Å².